The molecule has 0 fully saturated rings. The molecule has 1 nitrogen and oxygen atoms in total. The molecule has 0 unspecified atom stereocenters. The van der Waals surface area contributed by atoms with E-state index in [0.717, 1.165) is 0 Å². The Kier molecular flexibility index (Phi) is 10.1. The molecule has 0 radical (unpaired) electrons. The first-order valence-electron chi connectivity index (χ1n) is 15.1. The summed E-state index contributed by atoms with van der Waals surface area (Å²) in [5, 5.41) is 3.25. The summed E-state index contributed by atoms with van der Waals surface area (Å²) >= 11 is 0. The maximum absolute atomic E-state index is 2.63. The van der Waals surface area contributed by atoms with E-state index in [1.54, 1.807) is 10.6 Å². The Morgan fingerprint density at radius 2 is 0.789 bits per heavy atom. The summed E-state index contributed by atoms with van der Waals surface area (Å²) in [7, 11) is -1.27. The molecule has 0 atom stereocenters. The van der Waals surface area contributed by atoms with E-state index in [4.69, 9.17) is 0 Å². The third-order valence-electron chi connectivity index (χ3n) is 10.4. The predicted molar refractivity (Wildman–Crippen MR) is 187 cm³/mol. The van der Waals surface area contributed by atoms with Crippen molar-refractivity contribution in [2.75, 3.05) is 25.3 Å². The molecule has 0 saturated carbocycles. The van der Waals surface area contributed by atoms with Crippen LogP contribution in [0.5, 0.6) is 0 Å². The van der Waals surface area contributed by atoms with Gasteiger partial charge in [0.2, 0.25) is 0 Å². The third kappa shape index (κ3) is 6.21. The number of nitrogens with zero attached hydrogens (tertiary/aromatic N) is 1. The van der Waals surface area contributed by atoms with Crippen LogP contribution in [0.3, 0.4) is 0 Å². The molecule has 2 aromatic carbocycles. The Labute approximate surface area is 239 Å². The van der Waals surface area contributed by atoms with Crippen LogP contribution in [0.25, 0.3) is 0 Å². The molecule has 0 heterocycles. The molecule has 0 aliphatic carbocycles. The van der Waals surface area contributed by atoms with Gasteiger partial charge in [-0.15, -0.1) is 0 Å². The Hall–Kier alpha value is -0.900. The normalized spacial score (nSPS) is 14.7. The molecule has 2 aromatic rings. The van der Waals surface area contributed by atoms with Gasteiger partial charge in [0.1, 0.15) is 0 Å². The monoisotopic (exact) mass is 559 g/mol. The zero-order chi connectivity index (χ0) is 29.6. The molecule has 3 heteroatoms. The van der Waals surface area contributed by atoms with Crippen molar-refractivity contribution in [2.45, 2.75) is 130 Å². The summed E-state index contributed by atoms with van der Waals surface area (Å²) in [6, 6.07) is 14.9. The number of hydrogen-bond acceptors (Lipinski definition) is 1. The summed E-state index contributed by atoms with van der Waals surface area (Å²) in [5.41, 5.74) is 8.68. The van der Waals surface area contributed by atoms with Crippen LogP contribution in [0.1, 0.15) is 108 Å². The van der Waals surface area contributed by atoms with Gasteiger partial charge in [0.15, 0.2) is 0 Å². The van der Waals surface area contributed by atoms with Crippen LogP contribution in [0.2, 0.25) is 0 Å². The van der Waals surface area contributed by atoms with Crippen molar-refractivity contribution >= 4 is 36.5 Å². The fourth-order valence-corrected chi connectivity index (χ4v) is 13.9. The molecule has 0 aromatic heterocycles. The Morgan fingerprint density at radius 1 is 0.526 bits per heavy atom. The number of anilines is 2. The van der Waals surface area contributed by atoms with E-state index >= 15 is 0 Å². The molecule has 2 rings (SSSR count). The summed E-state index contributed by atoms with van der Waals surface area (Å²) in [6.07, 6.45) is 0. The van der Waals surface area contributed by atoms with Gasteiger partial charge in [0.05, 0.1) is 0 Å². The van der Waals surface area contributed by atoms with Gasteiger partial charge in [0, 0.05) is 0 Å². The van der Waals surface area contributed by atoms with Crippen molar-refractivity contribution in [3.05, 3.63) is 47.5 Å². The van der Waals surface area contributed by atoms with E-state index in [-0.39, 0.29) is 10.8 Å². The average Bonchev–Trinajstić information content (AvgIpc) is 2.79. The summed E-state index contributed by atoms with van der Waals surface area (Å²) in [4.78, 5) is 2.58. The number of hydrogen-bond donors (Lipinski definition) is 0. The fourth-order valence-electron chi connectivity index (χ4n) is 6.16. The van der Waals surface area contributed by atoms with Crippen LogP contribution in [-0.2, 0) is 10.8 Å². The van der Waals surface area contributed by atoms with Gasteiger partial charge in [-0.1, -0.05) is 0 Å². The van der Waals surface area contributed by atoms with Crippen LogP contribution < -0.4 is 15.5 Å². The van der Waals surface area contributed by atoms with E-state index < -0.39 is 14.5 Å². The van der Waals surface area contributed by atoms with Crippen LogP contribution in [0, 0.1) is 0 Å². The number of rotatable bonds is 8. The SMILES string of the molecule is CC(C)[PH](C)(c1cc(C(C)(C)C)ccc1N(C)c1ccc(C(C)(C)C)cc1[PH](C)(C(C)C)C(C)C)C(C)C. The Balaban J connectivity index is 2.99. The van der Waals surface area contributed by atoms with Gasteiger partial charge >= 0.3 is 240 Å². The van der Waals surface area contributed by atoms with Gasteiger partial charge < -0.3 is 0 Å². The molecule has 0 N–H and O–H groups in total. The maximum atomic E-state index is 2.63. The Bertz CT molecular complexity index is 992. The fraction of sp³-hybridized carbons (Fsp3) is 0.657. The standard InChI is InChI=1S/C35H63NP2/c1-24(2)37(16,25(3)4)32-22-28(34(9,10)11)18-20-30(32)36(15)31-21-19-29(35(12,13)14)23-33(31)38(17,26(5)6)27(7)8/h18-27,37-38H,1-17H3. The molecule has 38 heavy (non-hydrogen) atoms. The summed E-state index contributed by atoms with van der Waals surface area (Å²) in [5.74, 6) is 0. The first-order chi connectivity index (χ1) is 17.1. The van der Waals surface area contributed by atoms with Crippen LogP contribution in [0.4, 0.5) is 11.4 Å². The average molecular weight is 560 g/mol. The van der Waals surface area contributed by atoms with Crippen molar-refractivity contribution in [2.24, 2.45) is 0 Å². The molecule has 0 bridgehead atoms. The minimum absolute atomic E-state index is 0.134. The first kappa shape index (κ1) is 33.3. The van der Waals surface area contributed by atoms with Gasteiger partial charge in [-0.05, 0) is 0 Å². The van der Waals surface area contributed by atoms with Gasteiger partial charge in [0.25, 0.3) is 0 Å². The van der Waals surface area contributed by atoms with Gasteiger partial charge in [-0.25, -0.2) is 0 Å². The summed E-state index contributed by atoms with van der Waals surface area (Å²) in [6.45, 7) is 39.1. The third-order valence-corrected chi connectivity index (χ3v) is 23.1. The van der Waals surface area contributed by atoms with E-state index in [1.807, 2.05) is 0 Å². The first-order valence-corrected chi connectivity index (χ1v) is 20.5. The topological polar surface area (TPSA) is 3.24 Å². The summed E-state index contributed by atoms with van der Waals surface area (Å²) < 4.78 is 0. The van der Waals surface area contributed by atoms with Crippen LogP contribution in [-0.4, -0.2) is 43.0 Å². The van der Waals surface area contributed by atoms with E-state index in [2.05, 4.69) is 159 Å². The molecule has 0 amide bonds. The molecule has 0 aliphatic heterocycles. The van der Waals surface area contributed by atoms with Crippen molar-refractivity contribution in [3.8, 4) is 0 Å². The number of benzene rings is 2. The van der Waals surface area contributed by atoms with E-state index in [0.29, 0.717) is 22.6 Å². The Morgan fingerprint density at radius 3 is 1.00 bits per heavy atom. The molecule has 0 spiro atoms. The van der Waals surface area contributed by atoms with Crippen molar-refractivity contribution in [3.63, 3.8) is 0 Å². The van der Waals surface area contributed by atoms with Crippen molar-refractivity contribution in [1.82, 2.24) is 0 Å². The predicted octanol–water partition coefficient (Wildman–Crippen LogP) is 9.69. The molecule has 0 saturated heterocycles. The molecular formula is C35H63NP2. The molecule has 0 aliphatic rings. The quantitative estimate of drug-likeness (QED) is 0.291. The zero-order valence-corrected chi connectivity index (χ0v) is 30.2. The van der Waals surface area contributed by atoms with E-state index in [9.17, 15) is 0 Å². The van der Waals surface area contributed by atoms with Crippen LogP contribution in [0.15, 0.2) is 36.4 Å². The second kappa shape index (κ2) is 11.5. The van der Waals surface area contributed by atoms with Gasteiger partial charge in [-0.2, -0.15) is 0 Å². The molecule has 218 valence electrons. The second-order valence-corrected chi connectivity index (χ2v) is 26.5. The molecular weight excluding hydrogens is 496 g/mol. The van der Waals surface area contributed by atoms with Gasteiger partial charge in [-0.3, -0.25) is 0 Å². The second-order valence-electron chi connectivity index (χ2n) is 15.7. The minimum atomic E-state index is -1.81. The van der Waals surface area contributed by atoms with Crippen molar-refractivity contribution in [1.29, 1.82) is 0 Å². The zero-order valence-electron chi connectivity index (χ0n) is 28.2. The van der Waals surface area contributed by atoms with E-state index in [1.165, 1.54) is 22.5 Å². The van der Waals surface area contributed by atoms with Crippen molar-refractivity contribution < 1.29 is 0 Å². The van der Waals surface area contributed by atoms with Crippen LogP contribution >= 0.6 is 14.5 Å².